The first-order chi connectivity index (χ1) is 31.9. The summed E-state index contributed by atoms with van der Waals surface area (Å²) in [6, 6.07) is 72.7. The fraction of sp³-hybridized carbons (Fsp3) is 0.0500. The van der Waals surface area contributed by atoms with Crippen molar-refractivity contribution in [3.63, 3.8) is 0 Å². The van der Waals surface area contributed by atoms with Gasteiger partial charge in [-0.2, -0.15) is 0 Å². The van der Waals surface area contributed by atoms with Crippen LogP contribution in [0.25, 0.3) is 119 Å². The molecule has 0 bridgehead atoms. The number of thiophene rings is 2. The molecule has 0 radical (unpaired) electrons. The summed E-state index contributed by atoms with van der Waals surface area (Å²) in [6.07, 6.45) is 0. The second-order valence-corrected chi connectivity index (χ2v) is 19.8. The Morgan fingerprint density at radius 2 is 0.723 bits per heavy atom. The third kappa shape index (κ3) is 6.34. The second-order valence-electron chi connectivity index (χ2n) is 17.6. The summed E-state index contributed by atoms with van der Waals surface area (Å²) >= 11 is 3.69. The van der Waals surface area contributed by atoms with Crippen molar-refractivity contribution in [3.8, 4) is 78.7 Å². The van der Waals surface area contributed by atoms with E-state index in [0.29, 0.717) is 17.5 Å². The molecular weight excluding hydrogens is 827 g/mol. The molecule has 0 saturated carbocycles. The second kappa shape index (κ2) is 14.7. The van der Waals surface area contributed by atoms with Gasteiger partial charge in [-0.3, -0.25) is 0 Å². The molecule has 306 valence electrons. The minimum absolute atomic E-state index is 0.0652. The Balaban J connectivity index is 0.958. The highest BCUT2D eigenvalue weighted by Crippen LogP contribution is 2.50. The van der Waals surface area contributed by atoms with Crippen molar-refractivity contribution in [1.29, 1.82) is 0 Å². The molecule has 0 fully saturated rings. The molecule has 1 aliphatic carbocycles. The van der Waals surface area contributed by atoms with Gasteiger partial charge in [0, 0.05) is 62.4 Å². The van der Waals surface area contributed by atoms with Crippen LogP contribution in [0, 0.1) is 0 Å². The highest BCUT2D eigenvalue weighted by Gasteiger charge is 2.35. The Kier molecular flexibility index (Phi) is 8.61. The van der Waals surface area contributed by atoms with Gasteiger partial charge < -0.3 is 0 Å². The predicted octanol–water partition coefficient (Wildman–Crippen LogP) is 16.9. The van der Waals surface area contributed by atoms with Crippen LogP contribution in [0.15, 0.2) is 200 Å². The van der Waals surface area contributed by atoms with Gasteiger partial charge in [0.25, 0.3) is 0 Å². The normalized spacial score (nSPS) is 12.9. The van der Waals surface area contributed by atoms with Crippen LogP contribution in [-0.4, -0.2) is 15.0 Å². The Labute approximate surface area is 385 Å². The van der Waals surface area contributed by atoms with Gasteiger partial charge in [-0.25, -0.2) is 15.0 Å². The monoisotopic (exact) mass is 865 g/mol. The summed E-state index contributed by atoms with van der Waals surface area (Å²) in [7, 11) is 0. The zero-order valence-corrected chi connectivity index (χ0v) is 37.3. The summed E-state index contributed by atoms with van der Waals surface area (Å²) in [4.78, 5) is 15.7. The molecular formula is C60H39N3S2. The van der Waals surface area contributed by atoms with Crippen LogP contribution in [0.5, 0.6) is 0 Å². The van der Waals surface area contributed by atoms with E-state index in [4.69, 9.17) is 15.0 Å². The van der Waals surface area contributed by atoms with Crippen LogP contribution >= 0.6 is 22.7 Å². The molecule has 0 atom stereocenters. The molecule has 3 nitrogen and oxygen atoms in total. The lowest BCUT2D eigenvalue weighted by Crippen LogP contribution is -2.14. The van der Waals surface area contributed by atoms with Gasteiger partial charge in [-0.05, 0) is 116 Å². The molecule has 5 heteroatoms. The van der Waals surface area contributed by atoms with Gasteiger partial charge in [0.15, 0.2) is 17.5 Å². The minimum atomic E-state index is -0.0652. The van der Waals surface area contributed by atoms with E-state index >= 15 is 0 Å². The number of nitrogens with zero attached hydrogens (tertiary/aromatic N) is 3. The summed E-state index contributed by atoms with van der Waals surface area (Å²) in [6.45, 7) is 4.67. The van der Waals surface area contributed by atoms with Crippen LogP contribution in [0.4, 0.5) is 0 Å². The van der Waals surface area contributed by atoms with Crippen molar-refractivity contribution in [1.82, 2.24) is 15.0 Å². The first kappa shape index (κ1) is 37.9. The van der Waals surface area contributed by atoms with E-state index in [1.165, 1.54) is 68.2 Å². The van der Waals surface area contributed by atoms with Crippen molar-refractivity contribution >= 4 is 63.0 Å². The molecule has 1 aliphatic rings. The zero-order valence-electron chi connectivity index (χ0n) is 35.7. The van der Waals surface area contributed by atoms with E-state index in [-0.39, 0.29) is 5.41 Å². The number of aromatic nitrogens is 3. The zero-order chi connectivity index (χ0) is 43.2. The molecule has 12 aromatic rings. The lowest BCUT2D eigenvalue weighted by atomic mass is 9.81. The van der Waals surface area contributed by atoms with E-state index in [1.807, 2.05) is 40.9 Å². The highest BCUT2D eigenvalue weighted by molar-refractivity contribution is 7.26. The quantitative estimate of drug-likeness (QED) is 0.167. The van der Waals surface area contributed by atoms with Crippen LogP contribution in [0.2, 0.25) is 0 Å². The summed E-state index contributed by atoms with van der Waals surface area (Å²) in [5.41, 5.74) is 15.0. The van der Waals surface area contributed by atoms with Gasteiger partial charge in [0.05, 0.1) is 0 Å². The number of hydrogen-bond donors (Lipinski definition) is 0. The van der Waals surface area contributed by atoms with Gasteiger partial charge in [0.2, 0.25) is 0 Å². The molecule has 0 unspecified atom stereocenters. The van der Waals surface area contributed by atoms with Crippen molar-refractivity contribution in [2.24, 2.45) is 0 Å². The number of benzene rings is 9. The third-order valence-electron chi connectivity index (χ3n) is 13.3. The topological polar surface area (TPSA) is 38.7 Å². The molecule has 3 aromatic heterocycles. The van der Waals surface area contributed by atoms with Crippen LogP contribution < -0.4 is 0 Å². The fourth-order valence-electron chi connectivity index (χ4n) is 9.95. The van der Waals surface area contributed by atoms with Crippen LogP contribution in [0.1, 0.15) is 25.0 Å². The maximum Gasteiger partial charge on any atom is 0.164 e. The fourth-order valence-corrected chi connectivity index (χ4v) is 12.1. The molecule has 3 heterocycles. The molecule has 13 rings (SSSR count). The molecule has 0 saturated heterocycles. The summed E-state index contributed by atoms with van der Waals surface area (Å²) < 4.78 is 5.17. The smallest absolute Gasteiger partial charge is 0.164 e. The predicted molar refractivity (Wildman–Crippen MR) is 276 cm³/mol. The standard InChI is InChI=1S/C60H39N3S2/c1-60(2)51-17-9-6-14-45(51)46-27-24-41(35-52(46)60)36-20-22-38(23-21-36)58-61-57(37-12-4-3-5-13-37)62-59(63-58)44-31-42(39-25-28-55-49(33-39)47-15-7-10-18-53(47)64-55)30-43(32-44)40-26-29-56-50(34-40)48-16-8-11-19-54(48)65-56/h3-35H,1-2H3. The average molecular weight is 866 g/mol. The maximum absolute atomic E-state index is 5.31. The number of hydrogen-bond acceptors (Lipinski definition) is 5. The van der Waals surface area contributed by atoms with Crippen LogP contribution in [0.3, 0.4) is 0 Å². The molecule has 65 heavy (non-hydrogen) atoms. The van der Waals surface area contributed by atoms with E-state index < -0.39 is 0 Å². The van der Waals surface area contributed by atoms with Crippen molar-refractivity contribution in [2.45, 2.75) is 19.3 Å². The molecule has 0 spiro atoms. The first-order valence-corrected chi connectivity index (χ1v) is 23.7. The Hall–Kier alpha value is -7.57. The van der Waals surface area contributed by atoms with Gasteiger partial charge >= 0.3 is 0 Å². The maximum atomic E-state index is 5.31. The van der Waals surface area contributed by atoms with Crippen molar-refractivity contribution in [2.75, 3.05) is 0 Å². The van der Waals surface area contributed by atoms with Crippen molar-refractivity contribution < 1.29 is 0 Å². The Bertz CT molecular complexity index is 3730. The summed E-state index contributed by atoms with van der Waals surface area (Å²) in [5, 5.41) is 5.11. The lowest BCUT2D eigenvalue weighted by Gasteiger charge is -2.22. The van der Waals surface area contributed by atoms with E-state index in [9.17, 15) is 0 Å². The lowest BCUT2D eigenvalue weighted by molar-refractivity contribution is 0.660. The largest absolute Gasteiger partial charge is 0.208 e. The Morgan fingerprint density at radius 3 is 1.35 bits per heavy atom. The van der Waals surface area contributed by atoms with Crippen LogP contribution in [-0.2, 0) is 5.41 Å². The molecule has 9 aromatic carbocycles. The van der Waals surface area contributed by atoms with Gasteiger partial charge in [-0.1, -0.05) is 153 Å². The molecule has 0 N–H and O–H groups in total. The third-order valence-corrected chi connectivity index (χ3v) is 15.6. The minimum Gasteiger partial charge on any atom is -0.208 e. The number of fused-ring (bicyclic) bond motifs is 9. The van der Waals surface area contributed by atoms with E-state index in [0.717, 1.165) is 44.5 Å². The van der Waals surface area contributed by atoms with E-state index in [1.54, 1.807) is 0 Å². The molecule has 0 aliphatic heterocycles. The SMILES string of the molecule is CC1(C)c2ccccc2-c2ccc(-c3ccc(-c4nc(-c5ccccc5)nc(-c5cc(-c6ccc7sc8ccccc8c7c6)cc(-c6ccc7sc8ccccc8c7c6)c5)n4)cc3)cc21. The average Bonchev–Trinajstić information content (AvgIpc) is 4.00. The number of rotatable bonds is 6. The molecule has 0 amide bonds. The van der Waals surface area contributed by atoms with Crippen molar-refractivity contribution in [3.05, 3.63) is 211 Å². The summed E-state index contributed by atoms with van der Waals surface area (Å²) in [5.74, 6) is 1.90. The van der Waals surface area contributed by atoms with Gasteiger partial charge in [-0.15, -0.1) is 22.7 Å². The Morgan fingerprint density at radius 1 is 0.292 bits per heavy atom. The first-order valence-electron chi connectivity index (χ1n) is 22.1. The van der Waals surface area contributed by atoms with E-state index in [2.05, 4.69) is 196 Å². The highest BCUT2D eigenvalue weighted by atomic mass is 32.1. The van der Waals surface area contributed by atoms with Gasteiger partial charge in [0.1, 0.15) is 0 Å².